The van der Waals surface area contributed by atoms with Crippen LogP contribution in [-0.2, 0) is 16.6 Å². The fourth-order valence-electron chi connectivity index (χ4n) is 2.02. The van der Waals surface area contributed by atoms with E-state index in [9.17, 15) is 17.2 Å². The molecule has 2 aromatic heterocycles. The minimum Gasteiger partial charge on any atom is -0.240 e. The topological polar surface area (TPSA) is 59.1 Å². The maximum Gasteiger partial charge on any atom is 0.243 e. The molecule has 0 amide bonds. The van der Waals surface area contributed by atoms with Gasteiger partial charge in [-0.05, 0) is 36.6 Å². The van der Waals surface area contributed by atoms with Crippen molar-refractivity contribution >= 4 is 32.7 Å². The van der Waals surface area contributed by atoms with Gasteiger partial charge in [0.25, 0.3) is 0 Å². The van der Waals surface area contributed by atoms with E-state index in [4.69, 9.17) is 0 Å². The number of thiazole rings is 1. The van der Waals surface area contributed by atoms with E-state index in [0.29, 0.717) is 11.8 Å². The number of aromatic nitrogens is 1. The zero-order valence-corrected chi connectivity index (χ0v) is 14.9. The zero-order valence-electron chi connectivity index (χ0n) is 12.4. The third-order valence-electron chi connectivity index (χ3n) is 3.23. The third-order valence-corrected chi connectivity index (χ3v) is 6.84. The molecular formula is C15H12F2N2O2S3. The highest BCUT2D eigenvalue weighted by molar-refractivity contribution is 7.89. The number of halogens is 2. The van der Waals surface area contributed by atoms with Crippen molar-refractivity contribution < 1.29 is 17.2 Å². The number of hydrogen-bond acceptors (Lipinski definition) is 5. The van der Waals surface area contributed by atoms with Crippen LogP contribution in [0, 0.1) is 18.6 Å². The average Bonchev–Trinajstić information content (AvgIpc) is 3.17. The summed E-state index contributed by atoms with van der Waals surface area (Å²) in [6.07, 6.45) is 0. The van der Waals surface area contributed by atoms with Crippen LogP contribution in [0.4, 0.5) is 8.78 Å². The van der Waals surface area contributed by atoms with Crippen LogP contribution in [0.3, 0.4) is 0 Å². The molecule has 3 aromatic rings. The number of benzene rings is 1. The number of sulfonamides is 1. The highest BCUT2D eigenvalue weighted by Gasteiger charge is 2.21. The van der Waals surface area contributed by atoms with Crippen LogP contribution in [0.2, 0.25) is 0 Å². The molecule has 0 aliphatic carbocycles. The monoisotopic (exact) mass is 386 g/mol. The molecule has 0 radical (unpaired) electrons. The first-order valence-corrected chi connectivity index (χ1v) is 9.99. The van der Waals surface area contributed by atoms with Crippen LogP contribution in [0.5, 0.6) is 0 Å². The Hall–Kier alpha value is -1.68. The van der Waals surface area contributed by atoms with Crippen LogP contribution >= 0.6 is 22.7 Å². The first kappa shape index (κ1) is 17.2. The van der Waals surface area contributed by atoms with Gasteiger partial charge in [-0.3, -0.25) is 0 Å². The van der Waals surface area contributed by atoms with E-state index in [1.165, 1.54) is 11.3 Å². The molecule has 1 aromatic carbocycles. The second-order valence-corrected chi connectivity index (χ2v) is 8.67. The summed E-state index contributed by atoms with van der Waals surface area (Å²) < 4.78 is 53.6. The standard InChI is InChI=1S/C15H12F2N2O2S3/c1-9-13(23-15(19-9)12-3-2-6-22-12)8-18-24(20,21)14-7-10(16)4-5-11(14)17/h2-7,18H,8H2,1H3. The van der Waals surface area contributed by atoms with Gasteiger partial charge in [-0.15, -0.1) is 22.7 Å². The van der Waals surface area contributed by atoms with Crippen molar-refractivity contribution in [1.29, 1.82) is 0 Å². The van der Waals surface area contributed by atoms with Crippen molar-refractivity contribution in [2.75, 3.05) is 0 Å². The van der Waals surface area contributed by atoms with E-state index < -0.39 is 26.6 Å². The molecule has 3 rings (SSSR count). The summed E-state index contributed by atoms with van der Waals surface area (Å²) in [4.78, 5) is 5.43. The number of nitrogens with zero attached hydrogens (tertiary/aromatic N) is 1. The summed E-state index contributed by atoms with van der Waals surface area (Å²) >= 11 is 2.91. The zero-order chi connectivity index (χ0) is 17.3. The summed E-state index contributed by atoms with van der Waals surface area (Å²) in [5.41, 5.74) is 0.700. The summed E-state index contributed by atoms with van der Waals surface area (Å²) in [7, 11) is -4.16. The van der Waals surface area contributed by atoms with Gasteiger partial charge in [0.1, 0.15) is 21.5 Å². The van der Waals surface area contributed by atoms with E-state index >= 15 is 0 Å². The van der Waals surface area contributed by atoms with Gasteiger partial charge < -0.3 is 0 Å². The Bertz CT molecular complexity index is 967. The Balaban J connectivity index is 1.81. The van der Waals surface area contributed by atoms with Gasteiger partial charge in [-0.25, -0.2) is 26.9 Å². The average molecular weight is 386 g/mol. The summed E-state index contributed by atoms with van der Waals surface area (Å²) in [6, 6.07) is 6.16. The first-order chi connectivity index (χ1) is 11.4. The Morgan fingerprint density at radius 3 is 2.75 bits per heavy atom. The molecule has 0 aliphatic heterocycles. The van der Waals surface area contributed by atoms with Crippen LogP contribution in [0.25, 0.3) is 9.88 Å². The predicted octanol–water partition coefficient (Wildman–Crippen LogP) is 3.94. The van der Waals surface area contributed by atoms with Gasteiger partial charge in [0.2, 0.25) is 10.0 Å². The summed E-state index contributed by atoms with van der Waals surface area (Å²) in [5, 5.41) is 2.73. The second kappa shape index (κ2) is 6.67. The van der Waals surface area contributed by atoms with Crippen molar-refractivity contribution in [2.45, 2.75) is 18.4 Å². The molecule has 0 bridgehead atoms. The van der Waals surface area contributed by atoms with Gasteiger partial charge in [-0.2, -0.15) is 0 Å². The predicted molar refractivity (Wildman–Crippen MR) is 90.5 cm³/mol. The summed E-state index contributed by atoms with van der Waals surface area (Å²) in [5.74, 6) is -1.81. The van der Waals surface area contributed by atoms with Crippen molar-refractivity contribution in [1.82, 2.24) is 9.71 Å². The number of aryl methyl sites for hydroxylation is 1. The normalized spacial score (nSPS) is 11.8. The van der Waals surface area contributed by atoms with Crippen molar-refractivity contribution in [3.63, 3.8) is 0 Å². The molecule has 0 unspecified atom stereocenters. The quantitative estimate of drug-likeness (QED) is 0.723. The fourth-order valence-corrected chi connectivity index (χ4v) is 4.99. The number of rotatable bonds is 5. The Morgan fingerprint density at radius 1 is 1.25 bits per heavy atom. The van der Waals surface area contributed by atoms with E-state index in [1.54, 1.807) is 18.3 Å². The van der Waals surface area contributed by atoms with Crippen molar-refractivity contribution in [3.8, 4) is 9.88 Å². The van der Waals surface area contributed by atoms with Crippen LogP contribution in [-0.4, -0.2) is 13.4 Å². The van der Waals surface area contributed by atoms with E-state index in [1.807, 2.05) is 17.5 Å². The molecule has 2 heterocycles. The number of nitrogens with one attached hydrogen (secondary N) is 1. The largest absolute Gasteiger partial charge is 0.243 e. The molecule has 0 saturated heterocycles. The van der Waals surface area contributed by atoms with Gasteiger partial charge >= 0.3 is 0 Å². The molecule has 126 valence electrons. The van der Waals surface area contributed by atoms with Gasteiger partial charge in [0, 0.05) is 11.4 Å². The van der Waals surface area contributed by atoms with Crippen LogP contribution in [0.15, 0.2) is 40.6 Å². The molecule has 24 heavy (non-hydrogen) atoms. The van der Waals surface area contributed by atoms with E-state index in [2.05, 4.69) is 9.71 Å². The molecule has 0 atom stereocenters. The number of thiophene rings is 1. The lowest BCUT2D eigenvalue weighted by Gasteiger charge is -2.07. The number of hydrogen-bond donors (Lipinski definition) is 1. The Morgan fingerprint density at radius 2 is 2.04 bits per heavy atom. The maximum absolute atomic E-state index is 13.7. The minimum atomic E-state index is -4.16. The SMILES string of the molecule is Cc1nc(-c2cccs2)sc1CNS(=O)(=O)c1cc(F)ccc1F. The molecule has 0 saturated carbocycles. The lowest BCUT2D eigenvalue weighted by atomic mass is 10.3. The molecule has 0 spiro atoms. The van der Waals surface area contributed by atoms with Gasteiger partial charge in [-0.1, -0.05) is 6.07 Å². The third kappa shape index (κ3) is 3.54. The van der Waals surface area contributed by atoms with E-state index in [0.717, 1.165) is 26.9 Å². The molecular weight excluding hydrogens is 374 g/mol. The van der Waals surface area contributed by atoms with Gasteiger partial charge in [0.05, 0.1) is 10.6 Å². The Labute approximate surface area is 145 Å². The maximum atomic E-state index is 13.7. The Kier molecular flexibility index (Phi) is 4.77. The molecule has 1 N–H and O–H groups in total. The smallest absolute Gasteiger partial charge is 0.240 e. The molecule has 0 aliphatic rings. The lowest BCUT2D eigenvalue weighted by molar-refractivity contribution is 0.546. The van der Waals surface area contributed by atoms with Crippen LogP contribution < -0.4 is 4.72 Å². The second-order valence-electron chi connectivity index (χ2n) is 4.90. The van der Waals surface area contributed by atoms with Crippen LogP contribution in [0.1, 0.15) is 10.6 Å². The molecule has 9 heteroatoms. The van der Waals surface area contributed by atoms with Gasteiger partial charge in [0.15, 0.2) is 0 Å². The van der Waals surface area contributed by atoms with Crippen molar-refractivity contribution in [2.24, 2.45) is 0 Å². The summed E-state index contributed by atoms with van der Waals surface area (Å²) in [6.45, 7) is 1.74. The van der Waals surface area contributed by atoms with E-state index in [-0.39, 0.29) is 6.54 Å². The highest BCUT2D eigenvalue weighted by atomic mass is 32.2. The molecule has 0 fully saturated rings. The fraction of sp³-hybridized carbons (Fsp3) is 0.133. The minimum absolute atomic E-state index is 0.0346. The lowest BCUT2D eigenvalue weighted by Crippen LogP contribution is -2.24. The first-order valence-electron chi connectivity index (χ1n) is 6.82. The highest BCUT2D eigenvalue weighted by Crippen LogP contribution is 2.31. The molecule has 4 nitrogen and oxygen atoms in total. The van der Waals surface area contributed by atoms with Crippen molar-refractivity contribution in [3.05, 3.63) is 57.9 Å².